The fraction of sp³-hybridized carbons (Fsp3) is 0.429. The molecule has 2 amide bonds. The van der Waals surface area contributed by atoms with Gasteiger partial charge in [0.2, 0.25) is 5.91 Å². The first-order valence-corrected chi connectivity index (χ1v) is 7.24. The maximum Gasteiger partial charge on any atom is 0.326 e. The van der Waals surface area contributed by atoms with Crippen LogP contribution in [-0.2, 0) is 9.59 Å². The van der Waals surface area contributed by atoms with Gasteiger partial charge in [0.1, 0.15) is 22.9 Å². The van der Waals surface area contributed by atoms with Crippen LogP contribution in [0.2, 0.25) is 5.15 Å². The molecule has 1 saturated heterocycles. The van der Waals surface area contributed by atoms with E-state index < -0.39 is 29.9 Å². The van der Waals surface area contributed by atoms with Gasteiger partial charge in [0, 0.05) is 6.54 Å². The van der Waals surface area contributed by atoms with Crippen LogP contribution in [0.25, 0.3) is 0 Å². The van der Waals surface area contributed by atoms with E-state index in [9.17, 15) is 14.4 Å². The number of carbonyl (C=O) groups is 3. The topological polar surface area (TPSA) is 99.6 Å². The number of nitrogens with one attached hydrogen (secondary N) is 1. The average molecular weight is 326 g/mol. The Morgan fingerprint density at radius 1 is 1.45 bits per heavy atom. The first-order chi connectivity index (χ1) is 10.4. The van der Waals surface area contributed by atoms with Crippen molar-refractivity contribution in [3.05, 3.63) is 29.0 Å². The molecule has 0 radical (unpaired) electrons. The number of amides is 2. The van der Waals surface area contributed by atoms with Gasteiger partial charge in [0.05, 0.1) is 0 Å². The molecule has 8 heteroatoms. The number of carbonyl (C=O) groups excluding carboxylic acids is 2. The molecule has 7 nitrogen and oxygen atoms in total. The summed E-state index contributed by atoms with van der Waals surface area (Å²) < 4.78 is 0. The van der Waals surface area contributed by atoms with Gasteiger partial charge < -0.3 is 15.3 Å². The van der Waals surface area contributed by atoms with Crippen LogP contribution in [0.4, 0.5) is 0 Å². The van der Waals surface area contributed by atoms with Crippen LogP contribution in [0, 0.1) is 0 Å². The molecule has 1 aromatic heterocycles. The maximum absolute atomic E-state index is 12.3. The number of carboxylic acid groups (broad SMARTS) is 1. The van der Waals surface area contributed by atoms with E-state index in [1.807, 2.05) is 0 Å². The lowest BCUT2D eigenvalue weighted by Gasteiger charge is -2.25. The number of pyridine rings is 1. The van der Waals surface area contributed by atoms with Crippen molar-refractivity contribution in [1.29, 1.82) is 0 Å². The Bertz CT molecular complexity index is 608. The fourth-order valence-corrected chi connectivity index (χ4v) is 2.57. The summed E-state index contributed by atoms with van der Waals surface area (Å²) >= 11 is 5.71. The third-order valence-electron chi connectivity index (χ3n) is 3.49. The number of hydrogen-bond donors (Lipinski definition) is 2. The monoisotopic (exact) mass is 325 g/mol. The highest BCUT2D eigenvalue weighted by Gasteiger charge is 2.36. The third-order valence-corrected chi connectivity index (χ3v) is 3.70. The molecule has 0 saturated carbocycles. The van der Waals surface area contributed by atoms with E-state index in [2.05, 4.69) is 10.3 Å². The fourth-order valence-electron chi connectivity index (χ4n) is 2.40. The van der Waals surface area contributed by atoms with Crippen LogP contribution < -0.4 is 5.32 Å². The summed E-state index contributed by atoms with van der Waals surface area (Å²) in [5.74, 6) is -1.98. The average Bonchev–Trinajstić information content (AvgIpc) is 2.95. The van der Waals surface area contributed by atoms with Gasteiger partial charge in [-0.25, -0.2) is 9.78 Å². The molecule has 0 unspecified atom stereocenters. The number of carboxylic acids is 1. The molecule has 1 aromatic rings. The summed E-state index contributed by atoms with van der Waals surface area (Å²) in [5, 5.41) is 11.8. The van der Waals surface area contributed by atoms with E-state index in [4.69, 9.17) is 16.7 Å². The van der Waals surface area contributed by atoms with Gasteiger partial charge in [-0.2, -0.15) is 0 Å². The lowest BCUT2D eigenvalue weighted by atomic mass is 10.2. The van der Waals surface area contributed by atoms with E-state index in [1.165, 1.54) is 24.0 Å². The molecule has 2 N–H and O–H groups in total. The minimum Gasteiger partial charge on any atom is -0.480 e. The minimum absolute atomic E-state index is 0.100. The molecule has 0 bridgehead atoms. The summed E-state index contributed by atoms with van der Waals surface area (Å²) in [5.41, 5.74) is 0.100. The predicted molar refractivity (Wildman–Crippen MR) is 78.5 cm³/mol. The van der Waals surface area contributed by atoms with Crippen LogP contribution >= 0.6 is 11.6 Å². The smallest absolute Gasteiger partial charge is 0.326 e. The van der Waals surface area contributed by atoms with E-state index in [0.717, 1.165) is 0 Å². The first kappa shape index (κ1) is 16.2. The zero-order valence-corrected chi connectivity index (χ0v) is 12.7. The zero-order chi connectivity index (χ0) is 16.3. The quantitative estimate of drug-likeness (QED) is 0.802. The highest BCUT2D eigenvalue weighted by molar-refractivity contribution is 6.29. The maximum atomic E-state index is 12.3. The van der Waals surface area contributed by atoms with Crippen LogP contribution in [-0.4, -0.2) is 51.4 Å². The molecule has 2 heterocycles. The molecular formula is C14H16ClN3O4. The van der Waals surface area contributed by atoms with Gasteiger partial charge in [0.25, 0.3) is 5.91 Å². The van der Waals surface area contributed by atoms with Crippen molar-refractivity contribution in [1.82, 2.24) is 15.2 Å². The van der Waals surface area contributed by atoms with Crippen LogP contribution in [0.1, 0.15) is 30.3 Å². The molecule has 0 spiro atoms. The number of nitrogens with zero attached hydrogens (tertiary/aromatic N) is 2. The largest absolute Gasteiger partial charge is 0.480 e. The van der Waals surface area contributed by atoms with Gasteiger partial charge in [-0.3, -0.25) is 9.59 Å². The highest BCUT2D eigenvalue weighted by Crippen LogP contribution is 2.18. The van der Waals surface area contributed by atoms with Crippen molar-refractivity contribution in [3.63, 3.8) is 0 Å². The zero-order valence-electron chi connectivity index (χ0n) is 12.0. The van der Waals surface area contributed by atoms with Gasteiger partial charge >= 0.3 is 5.97 Å². The van der Waals surface area contributed by atoms with E-state index in [0.29, 0.717) is 19.4 Å². The summed E-state index contributed by atoms with van der Waals surface area (Å²) in [6, 6.07) is 2.94. The Labute approximate surface area is 132 Å². The van der Waals surface area contributed by atoms with Crippen molar-refractivity contribution in [3.8, 4) is 0 Å². The Morgan fingerprint density at radius 3 is 2.82 bits per heavy atom. The molecule has 1 aliphatic rings. The second-order valence-corrected chi connectivity index (χ2v) is 5.46. The molecule has 0 aromatic carbocycles. The van der Waals surface area contributed by atoms with E-state index in [1.54, 1.807) is 6.07 Å². The Kier molecular flexibility index (Phi) is 4.97. The number of aromatic nitrogens is 1. The van der Waals surface area contributed by atoms with Gasteiger partial charge in [0.15, 0.2) is 0 Å². The SMILES string of the molecule is C[C@H](NC(=O)c1cccc(Cl)n1)C(=O)N1CCC[C@H]1C(=O)O. The van der Waals surface area contributed by atoms with Gasteiger partial charge in [-0.15, -0.1) is 0 Å². The highest BCUT2D eigenvalue weighted by atomic mass is 35.5. The Hall–Kier alpha value is -2.15. The molecule has 1 aliphatic heterocycles. The Morgan fingerprint density at radius 2 is 2.18 bits per heavy atom. The minimum atomic E-state index is -1.03. The van der Waals surface area contributed by atoms with Gasteiger partial charge in [-0.1, -0.05) is 17.7 Å². The molecular weight excluding hydrogens is 310 g/mol. The first-order valence-electron chi connectivity index (χ1n) is 6.87. The van der Waals surface area contributed by atoms with Crippen molar-refractivity contribution < 1.29 is 19.5 Å². The number of halogens is 1. The van der Waals surface area contributed by atoms with Crippen LogP contribution in [0.3, 0.4) is 0 Å². The van der Waals surface area contributed by atoms with E-state index in [-0.39, 0.29) is 10.8 Å². The summed E-state index contributed by atoms with van der Waals surface area (Å²) in [6.07, 6.45) is 1.07. The molecule has 2 rings (SSSR count). The molecule has 118 valence electrons. The van der Waals surface area contributed by atoms with Crippen molar-refractivity contribution in [2.45, 2.75) is 31.8 Å². The van der Waals surface area contributed by atoms with Crippen molar-refractivity contribution >= 4 is 29.4 Å². The van der Waals surface area contributed by atoms with E-state index >= 15 is 0 Å². The van der Waals surface area contributed by atoms with Crippen LogP contribution in [0.15, 0.2) is 18.2 Å². The lowest BCUT2D eigenvalue weighted by molar-refractivity contribution is -0.148. The normalized spacial score (nSPS) is 18.8. The molecule has 22 heavy (non-hydrogen) atoms. The number of aliphatic carboxylic acids is 1. The second-order valence-electron chi connectivity index (χ2n) is 5.07. The summed E-state index contributed by atoms with van der Waals surface area (Å²) in [6.45, 7) is 1.90. The Balaban J connectivity index is 2.02. The van der Waals surface area contributed by atoms with Crippen molar-refractivity contribution in [2.75, 3.05) is 6.54 Å². The molecule has 2 atom stereocenters. The number of rotatable bonds is 4. The number of hydrogen-bond acceptors (Lipinski definition) is 4. The molecule has 1 fully saturated rings. The third kappa shape index (κ3) is 3.54. The second kappa shape index (κ2) is 6.74. The van der Waals surface area contributed by atoms with Crippen molar-refractivity contribution in [2.24, 2.45) is 0 Å². The summed E-state index contributed by atoms with van der Waals surface area (Å²) in [7, 11) is 0. The summed E-state index contributed by atoms with van der Waals surface area (Å²) in [4.78, 5) is 40.6. The lowest BCUT2D eigenvalue weighted by Crippen LogP contribution is -2.50. The predicted octanol–water partition coefficient (Wildman–Crippen LogP) is 0.929. The van der Waals surface area contributed by atoms with Gasteiger partial charge in [-0.05, 0) is 31.9 Å². The molecule has 0 aliphatic carbocycles. The van der Waals surface area contributed by atoms with Crippen LogP contribution in [0.5, 0.6) is 0 Å². The standard InChI is InChI=1S/C14H16ClN3O4/c1-8(13(20)18-7-3-5-10(18)14(21)22)16-12(19)9-4-2-6-11(15)17-9/h2,4,6,8,10H,3,5,7H2,1H3,(H,16,19)(H,21,22)/t8-,10-/m0/s1. The number of likely N-dealkylation sites (tertiary alicyclic amines) is 1.